The Hall–Kier alpha value is -4.54. The molecule has 0 aromatic heterocycles. The molecular formula is C34H33BrN4O5. The van der Waals surface area contributed by atoms with Crippen LogP contribution in [0.5, 0.6) is 5.75 Å². The van der Waals surface area contributed by atoms with Crippen molar-refractivity contribution in [1.82, 2.24) is 10.6 Å². The van der Waals surface area contributed by atoms with E-state index in [1.807, 2.05) is 30.3 Å². The number of hydrogen-bond donors (Lipinski definition) is 2. The number of halogens is 1. The molecule has 2 N–H and O–H groups in total. The molecule has 1 aliphatic rings. The van der Waals surface area contributed by atoms with E-state index in [0.717, 1.165) is 20.8 Å². The van der Waals surface area contributed by atoms with E-state index in [4.69, 9.17) is 4.74 Å². The van der Waals surface area contributed by atoms with Crippen LogP contribution in [-0.2, 0) is 16.1 Å². The highest BCUT2D eigenvalue weighted by molar-refractivity contribution is 9.10. The molecule has 226 valence electrons. The average molecular weight is 658 g/mol. The van der Waals surface area contributed by atoms with Gasteiger partial charge in [0.1, 0.15) is 11.8 Å². The number of carbonyl (C=O) groups is 4. The van der Waals surface area contributed by atoms with Gasteiger partial charge in [-0.1, -0.05) is 52.3 Å². The number of anilines is 2. The highest BCUT2D eigenvalue weighted by Crippen LogP contribution is 2.38. The van der Waals surface area contributed by atoms with Crippen molar-refractivity contribution in [3.8, 4) is 5.75 Å². The highest BCUT2D eigenvalue weighted by atomic mass is 79.9. The third kappa shape index (κ3) is 6.09. The Labute approximate surface area is 264 Å². The minimum atomic E-state index is -1.07. The van der Waals surface area contributed by atoms with Gasteiger partial charge in [0.25, 0.3) is 11.8 Å². The summed E-state index contributed by atoms with van der Waals surface area (Å²) in [5, 5.41) is 7.63. The molecule has 1 unspecified atom stereocenters. The van der Waals surface area contributed by atoms with Crippen LogP contribution in [0.15, 0.2) is 83.3 Å². The van der Waals surface area contributed by atoms with Crippen molar-refractivity contribution in [3.05, 3.63) is 100 Å². The fraction of sp³-hybridized carbons (Fsp3) is 0.235. The number of nitrogens with zero attached hydrogens (tertiary/aromatic N) is 2. The molecule has 5 rings (SSSR count). The first-order chi connectivity index (χ1) is 21.1. The van der Waals surface area contributed by atoms with E-state index in [-0.39, 0.29) is 30.7 Å². The third-order valence-electron chi connectivity index (χ3n) is 7.88. The van der Waals surface area contributed by atoms with Crippen molar-refractivity contribution in [2.24, 2.45) is 0 Å². The zero-order valence-corrected chi connectivity index (χ0v) is 26.5. The van der Waals surface area contributed by atoms with Crippen molar-refractivity contribution in [3.63, 3.8) is 0 Å². The van der Waals surface area contributed by atoms with Gasteiger partial charge < -0.3 is 25.2 Å². The number of methoxy groups -OCH3 is 1. The smallest absolute Gasteiger partial charge is 0.258 e. The van der Waals surface area contributed by atoms with Gasteiger partial charge >= 0.3 is 0 Å². The Morgan fingerprint density at radius 2 is 1.70 bits per heavy atom. The number of carbonyl (C=O) groups excluding carboxylic acids is 4. The van der Waals surface area contributed by atoms with E-state index in [0.29, 0.717) is 28.3 Å². The first-order valence-corrected chi connectivity index (χ1v) is 15.0. The first-order valence-electron chi connectivity index (χ1n) is 14.2. The molecule has 3 amide bonds. The zero-order valence-electron chi connectivity index (χ0n) is 24.9. The molecule has 0 spiro atoms. The molecule has 1 aliphatic heterocycles. The van der Waals surface area contributed by atoms with E-state index in [2.05, 4.69) is 26.6 Å². The van der Waals surface area contributed by atoms with Crippen LogP contribution in [0.1, 0.15) is 40.1 Å². The minimum Gasteiger partial charge on any atom is -0.496 e. The summed E-state index contributed by atoms with van der Waals surface area (Å²) in [5.41, 5.74) is 2.48. The fourth-order valence-electron chi connectivity index (χ4n) is 5.36. The summed E-state index contributed by atoms with van der Waals surface area (Å²) in [4.78, 5) is 56.9. The Kier molecular flexibility index (Phi) is 9.12. The van der Waals surface area contributed by atoms with Crippen LogP contribution >= 0.6 is 15.9 Å². The average Bonchev–Trinajstić information content (AvgIpc) is 3.14. The lowest BCUT2D eigenvalue weighted by Gasteiger charge is -2.27. The van der Waals surface area contributed by atoms with Gasteiger partial charge in [-0.05, 0) is 74.1 Å². The maximum absolute atomic E-state index is 14.5. The van der Waals surface area contributed by atoms with E-state index >= 15 is 0 Å². The van der Waals surface area contributed by atoms with E-state index in [1.165, 1.54) is 11.8 Å². The molecule has 0 aliphatic carbocycles. The maximum atomic E-state index is 14.5. The van der Waals surface area contributed by atoms with Gasteiger partial charge in [0.2, 0.25) is 5.91 Å². The summed E-state index contributed by atoms with van der Waals surface area (Å²) >= 11 is 3.54. The van der Waals surface area contributed by atoms with Crippen molar-refractivity contribution >= 4 is 61.6 Å². The molecule has 2 atom stereocenters. The molecule has 0 saturated carbocycles. The number of para-hydroxylation sites is 2. The molecule has 0 saturated heterocycles. The van der Waals surface area contributed by atoms with Gasteiger partial charge in [0, 0.05) is 21.2 Å². The molecule has 1 heterocycles. The summed E-state index contributed by atoms with van der Waals surface area (Å²) < 4.78 is 6.66. The number of nitrogens with one attached hydrogen (secondary N) is 2. The van der Waals surface area contributed by atoms with E-state index in [1.54, 1.807) is 74.5 Å². The predicted octanol–water partition coefficient (Wildman–Crippen LogP) is 5.10. The van der Waals surface area contributed by atoms with Gasteiger partial charge in [0.05, 0.1) is 37.6 Å². The topological polar surface area (TPSA) is 108 Å². The SMILES string of the molecule is CNC(C)C(=O)N[C@H]1CN(C(=O)c2cccc(C(C)=O)c2)c2ccccc2N(Cc2c(OC)ccc3cc(Br)ccc23)C1=O. The second-order valence-corrected chi connectivity index (χ2v) is 11.6. The molecule has 4 aromatic rings. The number of hydrogen-bond acceptors (Lipinski definition) is 6. The summed E-state index contributed by atoms with van der Waals surface area (Å²) in [6.45, 7) is 3.14. The third-order valence-corrected chi connectivity index (χ3v) is 8.38. The van der Waals surface area contributed by atoms with Gasteiger partial charge in [-0.25, -0.2) is 0 Å². The second kappa shape index (κ2) is 13.0. The number of amides is 3. The molecule has 4 aromatic carbocycles. The van der Waals surface area contributed by atoms with Crippen LogP contribution in [0.25, 0.3) is 10.8 Å². The number of fused-ring (bicyclic) bond motifs is 2. The number of rotatable bonds is 8. The minimum absolute atomic E-state index is 0.114. The van der Waals surface area contributed by atoms with E-state index in [9.17, 15) is 19.2 Å². The maximum Gasteiger partial charge on any atom is 0.258 e. The Balaban J connectivity index is 1.66. The summed E-state index contributed by atoms with van der Waals surface area (Å²) in [5.74, 6) is -0.718. The fourth-order valence-corrected chi connectivity index (χ4v) is 5.74. The van der Waals surface area contributed by atoms with Crippen LogP contribution in [-0.4, -0.2) is 56.3 Å². The quantitative estimate of drug-likeness (QED) is 0.256. The molecule has 0 bridgehead atoms. The summed E-state index contributed by atoms with van der Waals surface area (Å²) in [6.07, 6.45) is 0. The first kappa shape index (κ1) is 30.9. The summed E-state index contributed by atoms with van der Waals surface area (Å²) in [7, 11) is 3.24. The molecule has 10 heteroatoms. The lowest BCUT2D eigenvalue weighted by Crippen LogP contribution is -2.55. The van der Waals surface area contributed by atoms with Gasteiger partial charge in [-0.15, -0.1) is 0 Å². The van der Waals surface area contributed by atoms with Gasteiger partial charge in [-0.3, -0.25) is 19.2 Å². The van der Waals surface area contributed by atoms with E-state index < -0.39 is 18.0 Å². The predicted molar refractivity (Wildman–Crippen MR) is 174 cm³/mol. The number of ether oxygens (including phenoxy) is 1. The Morgan fingerprint density at radius 1 is 0.977 bits per heavy atom. The molecule has 44 heavy (non-hydrogen) atoms. The van der Waals surface area contributed by atoms with Crippen LogP contribution in [0.3, 0.4) is 0 Å². The normalized spacial score (nSPS) is 15.4. The largest absolute Gasteiger partial charge is 0.496 e. The summed E-state index contributed by atoms with van der Waals surface area (Å²) in [6, 6.07) is 21.7. The van der Waals surface area contributed by atoms with Crippen LogP contribution in [0, 0.1) is 0 Å². The second-order valence-electron chi connectivity index (χ2n) is 10.6. The van der Waals surface area contributed by atoms with Crippen molar-refractivity contribution in [1.29, 1.82) is 0 Å². The van der Waals surface area contributed by atoms with Gasteiger partial charge in [0.15, 0.2) is 5.78 Å². The molecule has 9 nitrogen and oxygen atoms in total. The number of ketones is 1. The van der Waals surface area contributed by atoms with Gasteiger partial charge in [-0.2, -0.15) is 0 Å². The standard InChI is InChI=1S/C34H33BrN4O5/c1-20(36-3)32(41)37-28-19-39(33(42)24-9-7-8-22(16-24)21(2)40)30-11-6-5-10-29(30)38(34(28)43)18-27-26-14-13-25(35)17-23(26)12-15-31(27)44-4/h5-17,20,28,36H,18-19H2,1-4H3,(H,37,41)/t20?,28-/m0/s1. The van der Waals surface area contributed by atoms with Crippen LogP contribution < -0.4 is 25.2 Å². The van der Waals surface area contributed by atoms with Crippen LogP contribution in [0.4, 0.5) is 11.4 Å². The number of likely N-dealkylation sites (N-methyl/N-ethyl adjacent to an activating group) is 1. The Morgan fingerprint density at radius 3 is 2.41 bits per heavy atom. The lowest BCUT2D eigenvalue weighted by atomic mass is 10.0. The van der Waals surface area contributed by atoms with Crippen molar-refractivity contribution in [2.45, 2.75) is 32.5 Å². The molecule has 0 radical (unpaired) electrons. The monoisotopic (exact) mass is 656 g/mol. The lowest BCUT2D eigenvalue weighted by molar-refractivity contribution is -0.128. The molecular weight excluding hydrogens is 624 g/mol. The number of benzene rings is 4. The molecule has 0 fully saturated rings. The Bertz CT molecular complexity index is 1770. The number of Topliss-reactive ketones (excluding diaryl/α,β-unsaturated/α-hetero) is 1. The van der Waals surface area contributed by atoms with Crippen molar-refractivity contribution in [2.75, 3.05) is 30.5 Å². The van der Waals surface area contributed by atoms with Crippen molar-refractivity contribution < 1.29 is 23.9 Å². The van der Waals surface area contributed by atoms with Crippen LogP contribution in [0.2, 0.25) is 0 Å². The highest BCUT2D eigenvalue weighted by Gasteiger charge is 2.38. The zero-order chi connectivity index (χ0) is 31.5.